The predicted octanol–water partition coefficient (Wildman–Crippen LogP) is 3.46. The molecule has 7 heteroatoms. The Hall–Kier alpha value is -1.99. The first-order chi connectivity index (χ1) is 10.6. The van der Waals surface area contributed by atoms with Crippen molar-refractivity contribution in [2.45, 2.75) is 11.4 Å². The summed E-state index contributed by atoms with van der Waals surface area (Å²) in [6.07, 6.45) is 1.82. The number of benzene rings is 1. The van der Waals surface area contributed by atoms with Crippen molar-refractivity contribution < 1.29 is 9.18 Å². The van der Waals surface area contributed by atoms with Crippen molar-refractivity contribution in [2.75, 3.05) is 5.75 Å². The summed E-state index contributed by atoms with van der Waals surface area (Å²) in [6, 6.07) is 8.33. The van der Waals surface area contributed by atoms with Gasteiger partial charge in [0.1, 0.15) is 17.2 Å². The molecule has 3 rings (SSSR count). The number of nitrogens with two attached hydrogens (primary N) is 1. The molecule has 2 heterocycles. The molecule has 2 N–H and O–H groups in total. The number of rotatable bonds is 5. The highest BCUT2D eigenvalue weighted by molar-refractivity contribution is 7.99. The SMILES string of the molecule is NC(=O)CCSc1ncnc2cc(-c3ccc(F)cc3)sc12. The molecule has 0 spiro atoms. The molecule has 3 aromatic rings. The van der Waals surface area contributed by atoms with Gasteiger partial charge < -0.3 is 5.73 Å². The molecule has 0 aliphatic carbocycles. The van der Waals surface area contributed by atoms with Gasteiger partial charge in [-0.05, 0) is 23.8 Å². The van der Waals surface area contributed by atoms with E-state index in [4.69, 9.17) is 5.73 Å². The van der Waals surface area contributed by atoms with E-state index >= 15 is 0 Å². The third-order valence-electron chi connectivity index (χ3n) is 2.99. The number of carbonyl (C=O) groups excluding carboxylic acids is 1. The van der Waals surface area contributed by atoms with Crippen LogP contribution in [0.2, 0.25) is 0 Å². The minimum atomic E-state index is -0.323. The number of primary amides is 1. The van der Waals surface area contributed by atoms with E-state index in [9.17, 15) is 9.18 Å². The van der Waals surface area contributed by atoms with Crippen LogP contribution in [0.15, 0.2) is 41.7 Å². The van der Waals surface area contributed by atoms with E-state index in [-0.39, 0.29) is 11.7 Å². The summed E-state index contributed by atoms with van der Waals surface area (Å²) in [6.45, 7) is 0. The van der Waals surface area contributed by atoms with Crippen molar-refractivity contribution >= 4 is 39.2 Å². The summed E-state index contributed by atoms with van der Waals surface area (Å²) in [7, 11) is 0. The number of amides is 1. The molecule has 22 heavy (non-hydrogen) atoms. The number of halogens is 1. The summed E-state index contributed by atoms with van der Waals surface area (Å²) < 4.78 is 14.0. The maximum Gasteiger partial charge on any atom is 0.218 e. The van der Waals surface area contributed by atoms with E-state index in [0.29, 0.717) is 12.2 Å². The van der Waals surface area contributed by atoms with E-state index < -0.39 is 0 Å². The summed E-state index contributed by atoms with van der Waals surface area (Å²) in [4.78, 5) is 20.4. The van der Waals surface area contributed by atoms with Gasteiger partial charge in [-0.2, -0.15) is 0 Å². The lowest BCUT2D eigenvalue weighted by atomic mass is 10.2. The molecule has 0 aliphatic rings. The van der Waals surface area contributed by atoms with Gasteiger partial charge in [-0.1, -0.05) is 12.1 Å². The van der Waals surface area contributed by atoms with Crippen LogP contribution < -0.4 is 5.73 Å². The van der Waals surface area contributed by atoms with Crippen molar-refractivity contribution in [3.63, 3.8) is 0 Å². The largest absolute Gasteiger partial charge is 0.370 e. The first-order valence-electron chi connectivity index (χ1n) is 6.55. The van der Waals surface area contributed by atoms with Crippen LogP contribution in [0.3, 0.4) is 0 Å². The van der Waals surface area contributed by atoms with Gasteiger partial charge in [0.2, 0.25) is 5.91 Å². The summed E-state index contributed by atoms with van der Waals surface area (Å²) in [5, 5.41) is 0.838. The number of carbonyl (C=O) groups is 1. The molecule has 1 amide bonds. The topological polar surface area (TPSA) is 68.9 Å². The van der Waals surface area contributed by atoms with E-state index in [1.165, 1.54) is 30.2 Å². The monoisotopic (exact) mass is 333 g/mol. The average Bonchev–Trinajstić information content (AvgIpc) is 2.92. The van der Waals surface area contributed by atoms with Crippen LogP contribution in [0.4, 0.5) is 4.39 Å². The first kappa shape index (κ1) is 14.9. The molecule has 2 aromatic heterocycles. The zero-order valence-electron chi connectivity index (χ0n) is 11.5. The normalized spacial score (nSPS) is 11.0. The fourth-order valence-corrected chi connectivity index (χ4v) is 4.10. The minimum Gasteiger partial charge on any atom is -0.370 e. The molecular weight excluding hydrogens is 321 g/mol. The molecule has 0 saturated carbocycles. The molecule has 0 atom stereocenters. The van der Waals surface area contributed by atoms with E-state index in [1.54, 1.807) is 23.5 Å². The Morgan fingerprint density at radius 2 is 2.05 bits per heavy atom. The van der Waals surface area contributed by atoms with Gasteiger partial charge in [0, 0.05) is 17.1 Å². The number of thiophene rings is 1. The standard InChI is InChI=1S/C15H12FN3OS2/c16-10-3-1-9(2-4-10)12-7-11-14(22-12)15(19-8-18-11)21-6-5-13(17)20/h1-4,7-8H,5-6H2,(H2,17,20). The Balaban J connectivity index is 1.92. The molecule has 4 nitrogen and oxygen atoms in total. The van der Waals surface area contributed by atoms with Crippen LogP contribution in [0, 0.1) is 5.82 Å². The van der Waals surface area contributed by atoms with Crippen molar-refractivity contribution in [1.82, 2.24) is 9.97 Å². The lowest BCUT2D eigenvalue weighted by molar-refractivity contribution is -0.117. The molecule has 0 bridgehead atoms. The Morgan fingerprint density at radius 1 is 1.27 bits per heavy atom. The maximum absolute atomic E-state index is 13.0. The first-order valence-corrected chi connectivity index (χ1v) is 8.35. The molecule has 0 unspecified atom stereocenters. The van der Waals surface area contributed by atoms with Crippen molar-refractivity contribution in [1.29, 1.82) is 0 Å². The van der Waals surface area contributed by atoms with Crippen LogP contribution in [-0.2, 0) is 4.79 Å². The van der Waals surface area contributed by atoms with Crippen LogP contribution in [-0.4, -0.2) is 21.6 Å². The zero-order chi connectivity index (χ0) is 15.5. The molecule has 0 saturated heterocycles. The van der Waals surface area contributed by atoms with Crippen LogP contribution in [0.25, 0.3) is 20.7 Å². The zero-order valence-corrected chi connectivity index (χ0v) is 13.1. The predicted molar refractivity (Wildman–Crippen MR) is 87.3 cm³/mol. The highest BCUT2D eigenvalue weighted by Gasteiger charge is 2.11. The fourth-order valence-electron chi connectivity index (χ4n) is 1.94. The molecule has 112 valence electrons. The maximum atomic E-state index is 13.0. The highest BCUT2D eigenvalue weighted by Crippen LogP contribution is 2.36. The lowest BCUT2D eigenvalue weighted by Crippen LogP contribution is -2.10. The van der Waals surface area contributed by atoms with Gasteiger partial charge in [0.25, 0.3) is 0 Å². The number of fused-ring (bicyclic) bond motifs is 1. The molecule has 0 aliphatic heterocycles. The molecular formula is C15H12FN3OS2. The molecule has 0 radical (unpaired) electrons. The van der Waals surface area contributed by atoms with Crippen LogP contribution in [0.5, 0.6) is 0 Å². The van der Waals surface area contributed by atoms with Crippen molar-refractivity contribution in [2.24, 2.45) is 5.73 Å². The summed E-state index contributed by atoms with van der Waals surface area (Å²) in [5.74, 6) is 0.00827. The third-order valence-corrected chi connectivity index (χ3v) is 5.30. The second-order valence-electron chi connectivity index (χ2n) is 4.58. The number of hydrogen-bond acceptors (Lipinski definition) is 5. The minimum absolute atomic E-state index is 0.257. The highest BCUT2D eigenvalue weighted by atomic mass is 32.2. The van der Waals surface area contributed by atoms with Crippen LogP contribution >= 0.6 is 23.1 Å². The third kappa shape index (κ3) is 3.26. The Bertz CT molecular complexity index is 817. The molecule has 0 fully saturated rings. The number of nitrogens with zero attached hydrogens (tertiary/aromatic N) is 2. The van der Waals surface area contributed by atoms with E-state index in [0.717, 1.165) is 25.7 Å². The Morgan fingerprint density at radius 3 is 2.77 bits per heavy atom. The number of thioether (sulfide) groups is 1. The van der Waals surface area contributed by atoms with Crippen molar-refractivity contribution in [3.8, 4) is 10.4 Å². The fraction of sp³-hybridized carbons (Fsp3) is 0.133. The van der Waals surface area contributed by atoms with Gasteiger partial charge in [0.05, 0.1) is 10.2 Å². The quantitative estimate of drug-likeness (QED) is 0.573. The Kier molecular flexibility index (Phi) is 4.35. The van der Waals surface area contributed by atoms with Gasteiger partial charge in [-0.3, -0.25) is 4.79 Å². The molecule has 1 aromatic carbocycles. The van der Waals surface area contributed by atoms with Gasteiger partial charge >= 0.3 is 0 Å². The number of aromatic nitrogens is 2. The Labute approximate surface area is 134 Å². The van der Waals surface area contributed by atoms with Crippen molar-refractivity contribution in [3.05, 3.63) is 42.5 Å². The second-order valence-corrected chi connectivity index (χ2v) is 6.71. The van der Waals surface area contributed by atoms with E-state index in [1.807, 2.05) is 6.07 Å². The number of hydrogen-bond donors (Lipinski definition) is 1. The average molecular weight is 333 g/mol. The summed E-state index contributed by atoms with van der Waals surface area (Å²) in [5.41, 5.74) is 6.94. The second kappa shape index (κ2) is 6.41. The van der Waals surface area contributed by atoms with Gasteiger partial charge in [-0.25, -0.2) is 14.4 Å². The lowest BCUT2D eigenvalue weighted by Gasteiger charge is -1.99. The smallest absolute Gasteiger partial charge is 0.218 e. The van der Waals surface area contributed by atoms with Gasteiger partial charge in [-0.15, -0.1) is 23.1 Å². The van der Waals surface area contributed by atoms with Gasteiger partial charge in [0.15, 0.2) is 0 Å². The van der Waals surface area contributed by atoms with E-state index in [2.05, 4.69) is 9.97 Å². The van der Waals surface area contributed by atoms with Crippen LogP contribution in [0.1, 0.15) is 6.42 Å². The summed E-state index contributed by atoms with van der Waals surface area (Å²) >= 11 is 3.04.